The van der Waals surface area contributed by atoms with E-state index in [1.165, 1.54) is 4.88 Å². The number of hydrogen-bond donors (Lipinski definition) is 1. The van der Waals surface area contributed by atoms with E-state index in [9.17, 15) is 0 Å². The third kappa shape index (κ3) is 3.81. The van der Waals surface area contributed by atoms with Gasteiger partial charge in [-0.3, -0.25) is 0 Å². The van der Waals surface area contributed by atoms with E-state index < -0.39 is 0 Å². The van der Waals surface area contributed by atoms with Crippen LogP contribution in [0.2, 0.25) is 0 Å². The van der Waals surface area contributed by atoms with Gasteiger partial charge in [0.25, 0.3) is 0 Å². The lowest BCUT2D eigenvalue weighted by Gasteiger charge is -2.22. The first kappa shape index (κ1) is 14.6. The minimum atomic E-state index is 0.391. The van der Waals surface area contributed by atoms with Gasteiger partial charge in [0.1, 0.15) is 0 Å². The summed E-state index contributed by atoms with van der Waals surface area (Å²) in [6.07, 6.45) is 1.06. The highest BCUT2D eigenvalue weighted by Crippen LogP contribution is 2.38. The van der Waals surface area contributed by atoms with Crippen LogP contribution < -0.4 is 5.32 Å². The van der Waals surface area contributed by atoms with Crippen molar-refractivity contribution in [3.63, 3.8) is 0 Å². The average Bonchev–Trinajstić information content (AvgIpc) is 2.57. The zero-order chi connectivity index (χ0) is 12.1. The lowest BCUT2D eigenvalue weighted by atomic mass is 9.97. The number of methoxy groups -OCH3 is 1. The fourth-order valence-corrected chi connectivity index (χ4v) is 4.03. The average molecular weight is 371 g/mol. The van der Waals surface area contributed by atoms with Crippen molar-refractivity contribution in [1.82, 2.24) is 5.32 Å². The maximum Gasteiger partial charge on any atom is 0.0843 e. The van der Waals surface area contributed by atoms with Gasteiger partial charge in [0.15, 0.2) is 0 Å². The third-order valence-corrected chi connectivity index (χ3v) is 5.97. The molecule has 2 nitrogen and oxygen atoms in total. The second-order valence-corrected chi connectivity index (χ2v) is 7.05. The Balaban J connectivity index is 2.73. The predicted molar refractivity (Wildman–Crippen MR) is 77.2 cm³/mol. The van der Waals surface area contributed by atoms with Gasteiger partial charge < -0.3 is 10.1 Å². The molecule has 0 aliphatic rings. The molecule has 0 aliphatic heterocycles. The highest BCUT2D eigenvalue weighted by atomic mass is 79.9. The summed E-state index contributed by atoms with van der Waals surface area (Å²) in [6, 6.07) is 2.57. The standard InChI is InChI=1S/C11H17Br2NOS/c1-7(4-5-15-3)10(14-2)9-6-8(12)11(13)16-9/h6-7,10,14H,4-5H2,1-3H3. The third-order valence-electron chi connectivity index (χ3n) is 2.63. The minimum Gasteiger partial charge on any atom is -0.385 e. The molecule has 5 heteroatoms. The van der Waals surface area contributed by atoms with Crippen molar-refractivity contribution >= 4 is 43.2 Å². The van der Waals surface area contributed by atoms with Gasteiger partial charge in [-0.2, -0.15) is 0 Å². The van der Waals surface area contributed by atoms with Crippen LogP contribution in [0.5, 0.6) is 0 Å². The van der Waals surface area contributed by atoms with E-state index in [2.05, 4.69) is 50.2 Å². The van der Waals surface area contributed by atoms with E-state index in [1.807, 2.05) is 7.05 Å². The monoisotopic (exact) mass is 369 g/mol. The molecule has 0 saturated heterocycles. The molecule has 1 N–H and O–H groups in total. The van der Waals surface area contributed by atoms with Gasteiger partial charge in [-0.25, -0.2) is 0 Å². The molecular formula is C11H17Br2NOS. The summed E-state index contributed by atoms with van der Waals surface area (Å²) in [5.74, 6) is 0.558. The molecule has 1 rings (SSSR count). The molecule has 16 heavy (non-hydrogen) atoms. The molecule has 92 valence electrons. The summed E-state index contributed by atoms with van der Waals surface area (Å²) in [5.41, 5.74) is 0. The van der Waals surface area contributed by atoms with Crippen LogP contribution in [0, 0.1) is 5.92 Å². The van der Waals surface area contributed by atoms with E-state index >= 15 is 0 Å². The van der Waals surface area contributed by atoms with Crippen LogP contribution in [0.1, 0.15) is 24.3 Å². The number of halogens is 2. The highest BCUT2D eigenvalue weighted by molar-refractivity contribution is 9.13. The highest BCUT2D eigenvalue weighted by Gasteiger charge is 2.20. The van der Waals surface area contributed by atoms with Crippen molar-refractivity contribution < 1.29 is 4.74 Å². The molecule has 2 atom stereocenters. The molecule has 0 saturated carbocycles. The number of thiophene rings is 1. The van der Waals surface area contributed by atoms with Gasteiger partial charge in [0.2, 0.25) is 0 Å². The first-order chi connectivity index (χ1) is 7.60. The van der Waals surface area contributed by atoms with E-state index in [0.29, 0.717) is 12.0 Å². The number of rotatable bonds is 6. The first-order valence-corrected chi connectivity index (χ1v) is 7.61. The molecule has 0 amide bonds. The van der Waals surface area contributed by atoms with Crippen LogP contribution in [0.3, 0.4) is 0 Å². The molecule has 0 aromatic carbocycles. The van der Waals surface area contributed by atoms with Crippen LogP contribution in [0.15, 0.2) is 14.3 Å². The molecule has 0 radical (unpaired) electrons. The van der Waals surface area contributed by atoms with E-state index in [1.54, 1.807) is 18.4 Å². The van der Waals surface area contributed by atoms with Gasteiger partial charge in [0.05, 0.1) is 3.79 Å². The smallest absolute Gasteiger partial charge is 0.0843 e. The predicted octanol–water partition coefficient (Wildman–Crippen LogP) is 4.21. The molecule has 2 unspecified atom stereocenters. The Kier molecular flexibility index (Phi) is 6.51. The number of ether oxygens (including phenoxy) is 1. The summed E-state index contributed by atoms with van der Waals surface area (Å²) >= 11 is 8.84. The van der Waals surface area contributed by atoms with E-state index in [4.69, 9.17) is 4.74 Å². The number of nitrogens with one attached hydrogen (secondary N) is 1. The van der Waals surface area contributed by atoms with Crippen LogP contribution in [0.4, 0.5) is 0 Å². The van der Waals surface area contributed by atoms with E-state index in [-0.39, 0.29) is 0 Å². The second kappa shape index (κ2) is 7.11. The zero-order valence-electron chi connectivity index (χ0n) is 9.72. The SMILES string of the molecule is CNC(c1cc(Br)c(Br)s1)C(C)CCOC. The normalized spacial score (nSPS) is 15.1. The fraction of sp³-hybridized carbons (Fsp3) is 0.636. The van der Waals surface area contributed by atoms with Gasteiger partial charge in [-0.1, -0.05) is 6.92 Å². The van der Waals surface area contributed by atoms with Gasteiger partial charge in [0, 0.05) is 29.1 Å². The topological polar surface area (TPSA) is 21.3 Å². The molecule has 0 fully saturated rings. The molecule has 0 bridgehead atoms. The molecule has 0 spiro atoms. The van der Waals surface area contributed by atoms with Crippen LogP contribution >= 0.6 is 43.2 Å². The Morgan fingerprint density at radius 1 is 1.50 bits per heavy atom. The Labute approximate surface area is 118 Å². The minimum absolute atomic E-state index is 0.391. The van der Waals surface area contributed by atoms with Crippen molar-refractivity contribution in [2.75, 3.05) is 20.8 Å². The molecule has 0 aliphatic carbocycles. The van der Waals surface area contributed by atoms with Crippen molar-refractivity contribution in [3.8, 4) is 0 Å². The number of hydrogen-bond acceptors (Lipinski definition) is 3. The molecule has 1 aromatic heterocycles. The lowest BCUT2D eigenvalue weighted by Crippen LogP contribution is -2.23. The quantitative estimate of drug-likeness (QED) is 0.809. The summed E-state index contributed by atoms with van der Waals surface area (Å²) < 4.78 is 7.41. The maximum atomic E-state index is 5.13. The molecular weight excluding hydrogens is 354 g/mol. The zero-order valence-corrected chi connectivity index (χ0v) is 13.7. The van der Waals surface area contributed by atoms with Crippen molar-refractivity contribution in [3.05, 3.63) is 19.2 Å². The van der Waals surface area contributed by atoms with Crippen molar-refractivity contribution in [1.29, 1.82) is 0 Å². The summed E-state index contributed by atoms with van der Waals surface area (Å²) in [7, 11) is 3.76. The molecule has 1 aromatic rings. The van der Waals surface area contributed by atoms with Crippen LogP contribution in [-0.2, 0) is 4.74 Å². The van der Waals surface area contributed by atoms with Crippen LogP contribution in [-0.4, -0.2) is 20.8 Å². The molecule has 1 heterocycles. The Morgan fingerprint density at radius 2 is 2.19 bits per heavy atom. The second-order valence-electron chi connectivity index (χ2n) is 3.80. The van der Waals surface area contributed by atoms with Crippen molar-refractivity contribution in [2.45, 2.75) is 19.4 Å². The Hall–Kier alpha value is 0.580. The first-order valence-electron chi connectivity index (χ1n) is 5.21. The van der Waals surface area contributed by atoms with Crippen molar-refractivity contribution in [2.24, 2.45) is 5.92 Å². The van der Waals surface area contributed by atoms with Gasteiger partial charge >= 0.3 is 0 Å². The Bertz CT molecular complexity index is 310. The fourth-order valence-electron chi connectivity index (χ4n) is 1.69. The summed E-state index contributed by atoms with van der Waals surface area (Å²) in [6.45, 7) is 3.06. The van der Waals surface area contributed by atoms with Gasteiger partial charge in [-0.15, -0.1) is 11.3 Å². The maximum absolute atomic E-state index is 5.13. The van der Waals surface area contributed by atoms with E-state index in [0.717, 1.165) is 21.3 Å². The van der Waals surface area contributed by atoms with Gasteiger partial charge in [-0.05, 0) is 57.3 Å². The lowest BCUT2D eigenvalue weighted by molar-refractivity contribution is 0.171. The Morgan fingerprint density at radius 3 is 2.62 bits per heavy atom. The largest absolute Gasteiger partial charge is 0.385 e. The summed E-state index contributed by atoms with van der Waals surface area (Å²) in [5, 5.41) is 3.38. The summed E-state index contributed by atoms with van der Waals surface area (Å²) in [4.78, 5) is 1.35. The van der Waals surface area contributed by atoms with Crippen LogP contribution in [0.25, 0.3) is 0 Å².